The topological polar surface area (TPSA) is 170 Å². The van der Waals surface area contributed by atoms with Crippen molar-refractivity contribution in [3.8, 4) is 6.07 Å². The summed E-state index contributed by atoms with van der Waals surface area (Å²) in [6.07, 6.45) is 3.28. The normalized spacial score (nSPS) is 20.2. The monoisotopic (exact) mass is 667 g/mol. The van der Waals surface area contributed by atoms with Crippen molar-refractivity contribution < 1.29 is 23.9 Å². The van der Waals surface area contributed by atoms with E-state index in [-0.39, 0.29) is 30.3 Å². The molecule has 3 amide bonds. The van der Waals surface area contributed by atoms with Crippen LogP contribution in [0.2, 0.25) is 0 Å². The van der Waals surface area contributed by atoms with Gasteiger partial charge in [0.25, 0.3) is 11.8 Å². The van der Waals surface area contributed by atoms with Crippen molar-refractivity contribution in [2.45, 2.75) is 43.6 Å². The van der Waals surface area contributed by atoms with Gasteiger partial charge in [-0.3, -0.25) is 14.4 Å². The summed E-state index contributed by atoms with van der Waals surface area (Å²) < 4.78 is 10.9. The number of nitrogens with zero attached hydrogens (tertiary/aromatic N) is 7. The lowest BCUT2D eigenvalue weighted by molar-refractivity contribution is -0.130. The van der Waals surface area contributed by atoms with Crippen molar-refractivity contribution in [1.82, 2.24) is 40.6 Å². The van der Waals surface area contributed by atoms with Crippen LogP contribution in [0, 0.1) is 11.3 Å². The van der Waals surface area contributed by atoms with Crippen molar-refractivity contribution in [2.24, 2.45) is 0 Å². The average molecular weight is 668 g/mol. The molecule has 4 heterocycles. The molecule has 14 heteroatoms. The number of likely N-dealkylation sites (tertiary alicyclic amines) is 1. The van der Waals surface area contributed by atoms with Gasteiger partial charge in [-0.1, -0.05) is 12.1 Å². The van der Waals surface area contributed by atoms with Crippen LogP contribution in [0.15, 0.2) is 36.4 Å². The molecule has 0 saturated carbocycles. The van der Waals surface area contributed by atoms with E-state index in [9.17, 15) is 19.6 Å². The second-order valence-corrected chi connectivity index (χ2v) is 13.0. The molecule has 14 nitrogen and oxygen atoms in total. The molecule has 0 unspecified atom stereocenters. The van der Waals surface area contributed by atoms with Crippen molar-refractivity contribution in [3.05, 3.63) is 75.6 Å². The lowest BCUT2D eigenvalue weighted by Gasteiger charge is -2.35. The lowest BCUT2D eigenvalue weighted by Crippen LogP contribution is -2.42. The first kappa shape index (κ1) is 32.8. The Labute approximate surface area is 284 Å². The maximum absolute atomic E-state index is 13.6. The maximum atomic E-state index is 13.6. The Hall–Kier alpha value is -4.71. The third kappa shape index (κ3) is 6.41. The Bertz CT molecular complexity index is 1650. The highest BCUT2D eigenvalue weighted by atomic mass is 16.5. The smallest absolute Gasteiger partial charge is 0.254 e. The minimum atomic E-state index is -0.884. The SMILES string of the molecule is N#C[C@@H]1CCCN1C(=O)CNCCC1(c2nnn[nH]2)c2ccc(C(=O)N3CCOCC3)cc2CCc2cc(C(=O)N3CCOCC3)ccc21. The molecule has 1 atom stereocenters. The number of carbonyl (C=O) groups excluding carboxylic acids is 3. The fourth-order valence-electron chi connectivity index (χ4n) is 7.77. The van der Waals surface area contributed by atoms with Gasteiger partial charge < -0.3 is 29.5 Å². The Morgan fingerprint density at radius 1 is 0.898 bits per heavy atom. The van der Waals surface area contributed by atoms with Gasteiger partial charge in [-0.15, -0.1) is 5.10 Å². The molecular weight excluding hydrogens is 626 g/mol. The van der Waals surface area contributed by atoms with Gasteiger partial charge in [0.15, 0.2) is 5.82 Å². The standard InChI is InChI=1S/C35H41N9O5/c36-22-28-2-1-11-44(28)31(45)23-37-10-9-35(34-38-40-41-39-34)29-7-5-26(32(46)42-12-16-48-17-13-42)20-24(29)3-4-25-21-27(6-8-30(25)35)33(47)43-14-18-49-19-15-43/h5-8,20-21,28,37H,1-4,9-19,23H2,(H,38,39,40,41)/t28-/m0/s1. The Balaban J connectivity index is 1.25. The molecular formula is C35H41N9O5. The molecule has 1 aliphatic carbocycles. The van der Waals surface area contributed by atoms with Crippen LogP contribution >= 0.6 is 0 Å². The zero-order chi connectivity index (χ0) is 33.8. The van der Waals surface area contributed by atoms with Crippen LogP contribution in [-0.4, -0.2) is 131 Å². The van der Waals surface area contributed by atoms with E-state index in [2.05, 4.69) is 32.0 Å². The molecule has 3 saturated heterocycles. The van der Waals surface area contributed by atoms with Crippen LogP contribution in [0.5, 0.6) is 0 Å². The third-order valence-corrected chi connectivity index (χ3v) is 10.3. The summed E-state index contributed by atoms with van der Waals surface area (Å²) in [5.74, 6) is 0.374. The number of aryl methyl sites for hydroxylation is 2. The highest BCUT2D eigenvalue weighted by Crippen LogP contribution is 2.46. The van der Waals surface area contributed by atoms with Crippen molar-refractivity contribution in [2.75, 3.05) is 72.2 Å². The molecule has 0 radical (unpaired) electrons. The average Bonchev–Trinajstić information content (AvgIpc) is 3.86. The fraction of sp³-hybridized carbons (Fsp3) is 0.514. The van der Waals surface area contributed by atoms with E-state index in [1.54, 1.807) is 4.90 Å². The molecule has 2 N–H and O–H groups in total. The summed E-state index contributed by atoms with van der Waals surface area (Å²) in [5, 5.41) is 28.3. The van der Waals surface area contributed by atoms with Crippen LogP contribution in [0.3, 0.4) is 0 Å². The number of aromatic amines is 1. The first-order valence-electron chi connectivity index (χ1n) is 17.1. The van der Waals surface area contributed by atoms with Gasteiger partial charge in [0.05, 0.1) is 44.5 Å². The van der Waals surface area contributed by atoms with Gasteiger partial charge in [0.1, 0.15) is 6.04 Å². The Kier molecular flexibility index (Phi) is 9.65. The second kappa shape index (κ2) is 14.4. The quantitative estimate of drug-likeness (QED) is 0.332. The molecule has 1 aromatic heterocycles. The summed E-state index contributed by atoms with van der Waals surface area (Å²) in [6, 6.07) is 13.6. The van der Waals surface area contributed by atoms with E-state index in [4.69, 9.17) is 9.47 Å². The van der Waals surface area contributed by atoms with Crippen LogP contribution in [0.4, 0.5) is 0 Å². The van der Waals surface area contributed by atoms with E-state index in [0.29, 0.717) is 108 Å². The van der Waals surface area contributed by atoms with Gasteiger partial charge in [-0.25, -0.2) is 5.10 Å². The van der Waals surface area contributed by atoms with Gasteiger partial charge in [-0.2, -0.15) is 5.26 Å². The number of hydrogen-bond acceptors (Lipinski definition) is 10. The van der Waals surface area contributed by atoms with Crippen LogP contribution in [0.25, 0.3) is 0 Å². The number of benzene rings is 2. The number of hydrogen-bond donors (Lipinski definition) is 2. The first-order chi connectivity index (χ1) is 24.0. The van der Waals surface area contributed by atoms with Gasteiger partial charge in [-0.05, 0) is 95.6 Å². The number of tetrazole rings is 1. The number of amides is 3. The summed E-state index contributed by atoms with van der Waals surface area (Å²) >= 11 is 0. The largest absolute Gasteiger partial charge is 0.378 e. The van der Waals surface area contributed by atoms with E-state index in [1.807, 2.05) is 46.2 Å². The highest BCUT2D eigenvalue weighted by Gasteiger charge is 2.44. The minimum absolute atomic E-state index is 0.0315. The number of aromatic nitrogens is 4. The molecule has 0 spiro atoms. The Morgan fingerprint density at radius 2 is 1.49 bits per heavy atom. The number of fused-ring (bicyclic) bond motifs is 2. The van der Waals surface area contributed by atoms with Crippen LogP contribution in [-0.2, 0) is 32.5 Å². The molecule has 0 bridgehead atoms. The Morgan fingerprint density at radius 3 is 2.02 bits per heavy atom. The zero-order valence-electron chi connectivity index (χ0n) is 27.5. The minimum Gasteiger partial charge on any atom is -0.378 e. The molecule has 49 heavy (non-hydrogen) atoms. The van der Waals surface area contributed by atoms with E-state index in [1.165, 1.54) is 0 Å². The van der Waals surface area contributed by atoms with Crippen LogP contribution in [0.1, 0.15) is 68.1 Å². The number of rotatable bonds is 8. The van der Waals surface area contributed by atoms with Crippen molar-refractivity contribution in [1.29, 1.82) is 5.26 Å². The third-order valence-electron chi connectivity index (χ3n) is 10.3. The van der Waals surface area contributed by atoms with E-state index < -0.39 is 5.41 Å². The van der Waals surface area contributed by atoms with Gasteiger partial charge in [0, 0.05) is 43.9 Å². The predicted octanol–water partition coefficient (Wildman–Crippen LogP) is 1.07. The fourth-order valence-corrected chi connectivity index (χ4v) is 7.77. The molecule has 3 aliphatic heterocycles. The number of ether oxygens (including phenoxy) is 2. The number of H-pyrrole nitrogens is 1. The maximum Gasteiger partial charge on any atom is 0.254 e. The number of carbonyl (C=O) groups is 3. The molecule has 2 aromatic carbocycles. The number of nitrogens with one attached hydrogen (secondary N) is 2. The predicted molar refractivity (Wildman–Crippen MR) is 176 cm³/mol. The molecule has 3 fully saturated rings. The summed E-state index contributed by atoms with van der Waals surface area (Å²) in [6.45, 7) is 5.38. The molecule has 256 valence electrons. The molecule has 4 aliphatic rings. The highest BCUT2D eigenvalue weighted by molar-refractivity contribution is 5.95. The summed E-state index contributed by atoms with van der Waals surface area (Å²) in [4.78, 5) is 45.6. The summed E-state index contributed by atoms with van der Waals surface area (Å²) in [5.41, 5.74) is 4.27. The number of morpholine rings is 2. The summed E-state index contributed by atoms with van der Waals surface area (Å²) in [7, 11) is 0. The van der Waals surface area contributed by atoms with Crippen LogP contribution < -0.4 is 5.32 Å². The van der Waals surface area contributed by atoms with E-state index in [0.717, 1.165) is 28.7 Å². The van der Waals surface area contributed by atoms with Gasteiger partial charge >= 0.3 is 0 Å². The van der Waals surface area contributed by atoms with Gasteiger partial charge in [0.2, 0.25) is 5.91 Å². The molecule has 3 aromatic rings. The second-order valence-electron chi connectivity index (χ2n) is 13.0. The first-order valence-corrected chi connectivity index (χ1v) is 17.1. The lowest BCUT2D eigenvalue weighted by atomic mass is 9.69. The molecule has 7 rings (SSSR count). The van der Waals surface area contributed by atoms with E-state index >= 15 is 0 Å². The van der Waals surface area contributed by atoms with Crippen molar-refractivity contribution in [3.63, 3.8) is 0 Å². The number of nitriles is 1. The van der Waals surface area contributed by atoms with Crippen molar-refractivity contribution >= 4 is 17.7 Å². The zero-order valence-corrected chi connectivity index (χ0v) is 27.5.